The van der Waals surface area contributed by atoms with Crippen molar-refractivity contribution in [3.8, 4) is 23.0 Å². The first kappa shape index (κ1) is 23.8. The lowest BCUT2D eigenvalue weighted by molar-refractivity contribution is 0.177. The number of aromatic nitrogens is 2. The van der Waals surface area contributed by atoms with E-state index in [1.807, 2.05) is 29.0 Å². The van der Waals surface area contributed by atoms with E-state index in [0.717, 1.165) is 24.8 Å². The number of hydrogen-bond donors (Lipinski definition) is 2. The van der Waals surface area contributed by atoms with Gasteiger partial charge >= 0.3 is 12.1 Å². The van der Waals surface area contributed by atoms with Crippen LogP contribution in [0.15, 0.2) is 59.5 Å². The Balaban J connectivity index is 1.79. The molecule has 0 unspecified atom stereocenters. The SMILES string of the molecule is COC(=O)NS(=O)(=O)c1cccc(-c2cc(NCCc3ccc(OC)cc3)nc(OC)n2)c1. The van der Waals surface area contributed by atoms with Gasteiger partial charge in [0.25, 0.3) is 10.0 Å². The van der Waals surface area contributed by atoms with Crippen LogP contribution in [0.2, 0.25) is 0 Å². The maximum atomic E-state index is 12.4. The maximum Gasteiger partial charge on any atom is 0.420 e. The van der Waals surface area contributed by atoms with Crippen LogP contribution in [-0.2, 0) is 21.2 Å². The standard InChI is InChI=1S/C22H24N4O6S/c1-30-17-9-7-15(8-10-17)11-12-23-20-14-19(24-21(25-20)31-2)16-5-4-6-18(13-16)33(28,29)26-22(27)32-3/h4-10,13-14H,11-12H2,1-3H3,(H,26,27)(H,23,24,25). The molecule has 0 fully saturated rings. The van der Waals surface area contributed by atoms with Crippen molar-refractivity contribution in [3.05, 3.63) is 60.2 Å². The fourth-order valence-corrected chi connectivity index (χ4v) is 3.88. The number of anilines is 1. The number of methoxy groups -OCH3 is 3. The summed E-state index contributed by atoms with van der Waals surface area (Å²) in [4.78, 5) is 19.9. The largest absolute Gasteiger partial charge is 0.497 e. The van der Waals surface area contributed by atoms with Crippen LogP contribution in [-0.4, -0.2) is 52.4 Å². The maximum absolute atomic E-state index is 12.4. The molecule has 3 rings (SSSR count). The van der Waals surface area contributed by atoms with Crippen molar-refractivity contribution in [3.63, 3.8) is 0 Å². The van der Waals surface area contributed by atoms with E-state index in [2.05, 4.69) is 20.0 Å². The third-order valence-corrected chi connectivity index (χ3v) is 5.92. The highest BCUT2D eigenvalue weighted by Crippen LogP contribution is 2.25. The van der Waals surface area contributed by atoms with Crippen LogP contribution in [0.3, 0.4) is 0 Å². The summed E-state index contributed by atoms with van der Waals surface area (Å²) in [6, 6.07) is 15.6. The molecule has 1 amide bonds. The van der Waals surface area contributed by atoms with E-state index in [1.54, 1.807) is 25.3 Å². The van der Waals surface area contributed by atoms with Gasteiger partial charge in [-0.3, -0.25) is 0 Å². The molecule has 0 spiro atoms. The molecule has 1 heterocycles. The molecule has 2 N–H and O–H groups in total. The number of rotatable bonds is 9. The van der Waals surface area contributed by atoms with Crippen molar-refractivity contribution >= 4 is 21.9 Å². The molecule has 0 aliphatic heterocycles. The van der Waals surface area contributed by atoms with Gasteiger partial charge in [0.15, 0.2) is 0 Å². The minimum absolute atomic E-state index is 0.114. The van der Waals surface area contributed by atoms with Gasteiger partial charge < -0.3 is 19.5 Å². The first-order valence-corrected chi connectivity index (χ1v) is 11.3. The molecule has 33 heavy (non-hydrogen) atoms. The van der Waals surface area contributed by atoms with Gasteiger partial charge in [0, 0.05) is 18.2 Å². The molecule has 0 bridgehead atoms. The number of sulfonamides is 1. The molecular weight excluding hydrogens is 448 g/mol. The number of hydrogen-bond acceptors (Lipinski definition) is 9. The molecule has 10 nitrogen and oxygen atoms in total. The van der Waals surface area contributed by atoms with Gasteiger partial charge in [-0.15, -0.1) is 0 Å². The summed E-state index contributed by atoms with van der Waals surface area (Å²) in [5.74, 6) is 1.31. The molecule has 174 valence electrons. The van der Waals surface area contributed by atoms with Crippen molar-refractivity contribution in [2.24, 2.45) is 0 Å². The van der Waals surface area contributed by atoms with Crippen LogP contribution in [0.5, 0.6) is 11.8 Å². The highest BCUT2D eigenvalue weighted by atomic mass is 32.2. The summed E-state index contributed by atoms with van der Waals surface area (Å²) in [6.45, 7) is 0.601. The second-order valence-corrected chi connectivity index (χ2v) is 8.46. The number of carbonyl (C=O) groups is 1. The Kier molecular flexibility index (Phi) is 7.67. The zero-order chi connectivity index (χ0) is 23.8. The molecule has 0 saturated carbocycles. The molecule has 0 aliphatic carbocycles. The Bertz CT molecular complexity index is 1220. The quantitative estimate of drug-likeness (QED) is 0.483. The average Bonchev–Trinajstić information content (AvgIpc) is 2.84. The smallest absolute Gasteiger partial charge is 0.420 e. The minimum atomic E-state index is -4.10. The van der Waals surface area contributed by atoms with Gasteiger partial charge in [-0.25, -0.2) is 17.9 Å². The number of ether oxygens (including phenoxy) is 3. The van der Waals surface area contributed by atoms with Crippen LogP contribution in [0, 0.1) is 0 Å². The average molecular weight is 473 g/mol. The summed E-state index contributed by atoms with van der Waals surface area (Å²) >= 11 is 0. The Morgan fingerprint density at radius 2 is 1.73 bits per heavy atom. The lowest BCUT2D eigenvalue weighted by Gasteiger charge is -2.11. The third-order valence-electron chi connectivity index (χ3n) is 4.61. The molecule has 0 atom stereocenters. The van der Waals surface area contributed by atoms with Crippen molar-refractivity contribution in [1.29, 1.82) is 0 Å². The molecule has 0 saturated heterocycles. The Hall–Kier alpha value is -3.86. The Morgan fingerprint density at radius 1 is 0.970 bits per heavy atom. The second-order valence-electron chi connectivity index (χ2n) is 6.77. The summed E-state index contributed by atoms with van der Waals surface area (Å²) < 4.78 is 41.4. The number of amides is 1. The first-order valence-electron chi connectivity index (χ1n) is 9.85. The minimum Gasteiger partial charge on any atom is -0.497 e. The number of nitrogens with one attached hydrogen (secondary N) is 2. The highest BCUT2D eigenvalue weighted by molar-refractivity contribution is 7.90. The van der Waals surface area contributed by atoms with Crippen molar-refractivity contribution in [2.75, 3.05) is 33.2 Å². The van der Waals surface area contributed by atoms with Gasteiger partial charge in [-0.2, -0.15) is 9.97 Å². The summed E-state index contributed by atoms with van der Waals surface area (Å²) in [7, 11) is 0.0477. The van der Waals surface area contributed by atoms with Crippen LogP contribution in [0.4, 0.5) is 10.6 Å². The molecule has 2 aromatic carbocycles. The summed E-state index contributed by atoms with van der Waals surface area (Å²) in [5, 5.41) is 3.23. The second kappa shape index (κ2) is 10.6. The topological polar surface area (TPSA) is 129 Å². The monoisotopic (exact) mass is 472 g/mol. The fraction of sp³-hybridized carbons (Fsp3) is 0.227. The van der Waals surface area contributed by atoms with Crippen LogP contribution in [0.25, 0.3) is 11.3 Å². The predicted molar refractivity (Wildman–Crippen MR) is 122 cm³/mol. The van der Waals surface area contributed by atoms with E-state index in [9.17, 15) is 13.2 Å². The lowest BCUT2D eigenvalue weighted by Crippen LogP contribution is -2.30. The molecule has 11 heteroatoms. The fourth-order valence-electron chi connectivity index (χ4n) is 2.91. The van der Waals surface area contributed by atoms with E-state index in [0.29, 0.717) is 23.6 Å². The van der Waals surface area contributed by atoms with Crippen molar-refractivity contribution in [1.82, 2.24) is 14.7 Å². The summed E-state index contributed by atoms with van der Waals surface area (Å²) in [6.07, 6.45) is -0.328. The normalized spacial score (nSPS) is 10.9. The van der Waals surface area contributed by atoms with Gasteiger partial charge in [-0.05, 0) is 36.2 Å². The van der Waals surface area contributed by atoms with E-state index >= 15 is 0 Å². The third kappa shape index (κ3) is 6.32. The molecule has 0 radical (unpaired) electrons. The Labute approximate surface area is 192 Å². The zero-order valence-electron chi connectivity index (χ0n) is 18.4. The number of carbonyl (C=O) groups excluding carboxylic acids is 1. The van der Waals surface area contributed by atoms with Crippen LogP contribution < -0.4 is 19.5 Å². The van der Waals surface area contributed by atoms with Crippen LogP contribution >= 0.6 is 0 Å². The van der Waals surface area contributed by atoms with Gasteiger partial charge in [0.05, 0.1) is 31.9 Å². The molecule has 1 aromatic heterocycles. The van der Waals surface area contributed by atoms with Gasteiger partial charge in [0.1, 0.15) is 11.6 Å². The van der Waals surface area contributed by atoms with E-state index < -0.39 is 16.1 Å². The van der Waals surface area contributed by atoms with Crippen molar-refractivity contribution in [2.45, 2.75) is 11.3 Å². The summed E-state index contributed by atoms with van der Waals surface area (Å²) in [5.41, 5.74) is 2.08. The highest BCUT2D eigenvalue weighted by Gasteiger charge is 2.19. The first-order chi connectivity index (χ1) is 15.8. The molecule has 0 aliphatic rings. The molecule has 3 aromatic rings. The molecular formula is C22H24N4O6S. The van der Waals surface area contributed by atoms with E-state index in [4.69, 9.17) is 9.47 Å². The van der Waals surface area contributed by atoms with Gasteiger partial charge in [0.2, 0.25) is 0 Å². The van der Waals surface area contributed by atoms with Crippen LogP contribution in [0.1, 0.15) is 5.56 Å². The van der Waals surface area contributed by atoms with Crippen molar-refractivity contribution < 1.29 is 27.4 Å². The number of nitrogens with zero attached hydrogens (tertiary/aromatic N) is 2. The van der Waals surface area contributed by atoms with E-state index in [-0.39, 0.29) is 10.9 Å². The Morgan fingerprint density at radius 3 is 2.39 bits per heavy atom. The number of benzene rings is 2. The zero-order valence-corrected chi connectivity index (χ0v) is 19.2. The predicted octanol–water partition coefficient (Wildman–Crippen LogP) is 2.86. The lowest BCUT2D eigenvalue weighted by atomic mass is 10.1. The van der Waals surface area contributed by atoms with Gasteiger partial charge in [-0.1, -0.05) is 24.3 Å². The van der Waals surface area contributed by atoms with E-state index in [1.165, 1.54) is 19.2 Å².